The summed E-state index contributed by atoms with van der Waals surface area (Å²) in [6.45, 7) is 12.3. The van der Waals surface area contributed by atoms with E-state index in [9.17, 15) is 44.1 Å². The largest absolute Gasteiger partial charge is 0.508 e. The highest BCUT2D eigenvalue weighted by atomic mass is 33.1. The molecule has 5 N–H and O–H groups in total. The first kappa shape index (κ1) is 49.1. The Kier molecular flexibility index (Phi) is 19.4. The fourth-order valence-corrected chi connectivity index (χ4v) is 9.54. The van der Waals surface area contributed by atoms with E-state index < -0.39 is 84.4 Å². The number of cyclic esters (lactones) is 1. The van der Waals surface area contributed by atoms with Crippen molar-refractivity contribution in [2.75, 3.05) is 31.3 Å². The van der Waals surface area contributed by atoms with E-state index in [2.05, 4.69) is 15.2 Å². The van der Waals surface area contributed by atoms with E-state index >= 15 is 0 Å². The molecule has 0 aliphatic carbocycles. The fourth-order valence-electron chi connectivity index (χ4n) is 6.99. The van der Waals surface area contributed by atoms with Crippen molar-refractivity contribution in [2.45, 2.75) is 123 Å². The molecule has 2 aliphatic heterocycles. The minimum atomic E-state index is -1.33. The molecule has 19 heteroatoms. The van der Waals surface area contributed by atoms with E-state index in [0.717, 1.165) is 39.9 Å². The molecule has 2 saturated heterocycles. The molecule has 10 atom stereocenters. The summed E-state index contributed by atoms with van der Waals surface area (Å²) in [5, 5.41) is 45.7. The van der Waals surface area contributed by atoms with E-state index in [-0.39, 0.29) is 42.8 Å². The Morgan fingerprint density at radius 1 is 1.10 bits per heavy atom. The van der Waals surface area contributed by atoms with Crippen LogP contribution in [-0.2, 0) is 38.2 Å². The molecule has 58 heavy (non-hydrogen) atoms. The number of carbonyl (C=O) groups is 6. The highest BCUT2D eigenvalue weighted by Gasteiger charge is 2.49. The van der Waals surface area contributed by atoms with Gasteiger partial charge in [0, 0.05) is 53.8 Å². The SMILES string of the molecule is C/C(=C\c1csc(C)n1)[C@@H]1C[C@H]2[C@@H](CCC[C@H](C)[C@H](O)[C@@H](C)C(=O)C(C)(C)[C@@H](O)CC(=O)O1)N2CCOC(=O)OCCSSCC(NC(=O)[C@@H](C)CC(=O)O)C(=O)O. The van der Waals surface area contributed by atoms with Gasteiger partial charge in [-0.25, -0.2) is 14.6 Å². The number of amides is 1. The van der Waals surface area contributed by atoms with Crippen molar-refractivity contribution in [3.05, 3.63) is 21.7 Å². The number of nitrogens with zero attached hydrogens (tertiary/aromatic N) is 2. The fraction of sp³-hybridized carbons (Fsp3) is 0.718. The molecule has 1 amide bonds. The number of fused-ring (bicyclic) bond motifs is 1. The second kappa shape index (κ2) is 23.0. The summed E-state index contributed by atoms with van der Waals surface area (Å²) < 4.78 is 16.6. The Morgan fingerprint density at radius 3 is 2.43 bits per heavy atom. The number of ether oxygens (including phenoxy) is 3. The number of Topliss-reactive ketones (excluding diaryl/α,β-unsaturated/α-hetero) is 1. The molecule has 2 unspecified atom stereocenters. The first-order valence-electron chi connectivity index (χ1n) is 19.5. The minimum Gasteiger partial charge on any atom is -0.481 e. The smallest absolute Gasteiger partial charge is 0.481 e. The third-order valence-corrected chi connectivity index (χ3v) is 13.9. The maximum atomic E-state index is 13.5. The lowest BCUT2D eigenvalue weighted by Crippen LogP contribution is -2.45. The Bertz CT molecular complexity index is 1620. The van der Waals surface area contributed by atoms with Crippen LogP contribution in [0.4, 0.5) is 4.79 Å². The number of nitrogens with one attached hydrogen (secondary N) is 1. The highest BCUT2D eigenvalue weighted by molar-refractivity contribution is 8.76. The van der Waals surface area contributed by atoms with Crippen molar-refractivity contribution in [3.63, 3.8) is 0 Å². The van der Waals surface area contributed by atoms with Crippen molar-refractivity contribution in [1.82, 2.24) is 15.2 Å². The van der Waals surface area contributed by atoms with Gasteiger partial charge >= 0.3 is 24.1 Å². The number of thiazole rings is 1. The molecule has 2 fully saturated rings. The first-order chi connectivity index (χ1) is 27.2. The summed E-state index contributed by atoms with van der Waals surface area (Å²) in [6.07, 6.45) is -0.129. The van der Waals surface area contributed by atoms with Gasteiger partial charge in [0.05, 0.1) is 41.2 Å². The average Bonchev–Trinajstić information content (AvgIpc) is 3.61. The number of hydrogen-bond acceptors (Lipinski definition) is 16. The summed E-state index contributed by atoms with van der Waals surface area (Å²) in [7, 11) is 2.39. The molecule has 0 saturated carbocycles. The molecule has 326 valence electrons. The van der Waals surface area contributed by atoms with Gasteiger partial charge in [0.1, 0.15) is 31.1 Å². The zero-order chi connectivity index (χ0) is 43.3. The van der Waals surface area contributed by atoms with Crippen molar-refractivity contribution in [1.29, 1.82) is 0 Å². The Morgan fingerprint density at radius 2 is 1.79 bits per heavy atom. The summed E-state index contributed by atoms with van der Waals surface area (Å²) in [4.78, 5) is 80.5. The molecule has 3 heterocycles. The number of aliphatic hydroxyl groups is 2. The van der Waals surface area contributed by atoms with E-state index in [4.69, 9.17) is 19.3 Å². The lowest BCUT2D eigenvalue weighted by atomic mass is 9.73. The van der Waals surface area contributed by atoms with Crippen molar-refractivity contribution in [2.24, 2.45) is 23.2 Å². The average molecular weight is 874 g/mol. The molecule has 0 radical (unpaired) electrons. The first-order valence-corrected chi connectivity index (χ1v) is 22.8. The Hall–Kier alpha value is -3.23. The number of carboxylic acids is 2. The molecular formula is C39H59N3O13S3. The van der Waals surface area contributed by atoms with Crippen LogP contribution >= 0.6 is 32.9 Å². The van der Waals surface area contributed by atoms with E-state index in [1.807, 2.05) is 32.2 Å². The lowest BCUT2D eigenvalue weighted by Gasteiger charge is -2.34. The molecule has 2 aliphatic rings. The van der Waals surface area contributed by atoms with Crippen LogP contribution in [0.15, 0.2) is 11.0 Å². The van der Waals surface area contributed by atoms with Gasteiger partial charge in [-0.3, -0.25) is 24.1 Å². The van der Waals surface area contributed by atoms with Gasteiger partial charge in [-0.1, -0.05) is 62.6 Å². The zero-order valence-electron chi connectivity index (χ0n) is 34.2. The monoisotopic (exact) mass is 873 g/mol. The quantitative estimate of drug-likeness (QED) is 0.0661. The summed E-state index contributed by atoms with van der Waals surface area (Å²) >= 11 is 1.50. The second-order valence-corrected chi connectivity index (χ2v) is 19.4. The zero-order valence-corrected chi connectivity index (χ0v) is 36.7. The molecule has 3 rings (SSSR count). The van der Waals surface area contributed by atoms with Gasteiger partial charge < -0.3 is 40.0 Å². The molecule has 0 spiro atoms. The van der Waals surface area contributed by atoms with Crippen LogP contribution in [0, 0.1) is 30.1 Å². The summed E-state index contributed by atoms with van der Waals surface area (Å²) in [5.74, 6) is -5.59. The third kappa shape index (κ3) is 15.1. The van der Waals surface area contributed by atoms with Crippen LogP contribution in [0.25, 0.3) is 6.08 Å². The molecule has 0 aromatic carbocycles. The number of ketones is 1. The topological polar surface area (TPSA) is 239 Å². The molecule has 1 aromatic rings. The molecule has 0 bridgehead atoms. The Balaban J connectivity index is 1.59. The van der Waals surface area contributed by atoms with Crippen molar-refractivity contribution >= 4 is 74.8 Å². The van der Waals surface area contributed by atoms with Gasteiger partial charge in [-0.15, -0.1) is 11.3 Å². The van der Waals surface area contributed by atoms with E-state index in [0.29, 0.717) is 25.1 Å². The third-order valence-electron chi connectivity index (χ3n) is 10.8. The number of hydrogen-bond donors (Lipinski definition) is 5. The van der Waals surface area contributed by atoms with Crippen molar-refractivity contribution in [3.8, 4) is 0 Å². The van der Waals surface area contributed by atoms with Gasteiger partial charge in [-0.2, -0.15) is 0 Å². The van der Waals surface area contributed by atoms with Crippen LogP contribution in [0.1, 0.15) is 90.8 Å². The number of aryl methyl sites for hydroxylation is 1. The van der Waals surface area contributed by atoms with Gasteiger partial charge in [0.15, 0.2) is 0 Å². The van der Waals surface area contributed by atoms with Crippen LogP contribution < -0.4 is 5.32 Å². The minimum absolute atomic E-state index is 0.00643. The maximum absolute atomic E-state index is 13.5. The van der Waals surface area contributed by atoms with E-state index in [1.54, 1.807) is 20.8 Å². The molecule has 1 aromatic heterocycles. The Labute approximate surface area is 351 Å². The van der Waals surface area contributed by atoms with E-state index in [1.165, 1.54) is 29.1 Å². The molecule has 16 nitrogen and oxygen atoms in total. The number of carbonyl (C=O) groups excluding carboxylic acids is 4. The normalized spacial score (nSPS) is 28.0. The number of aliphatic carboxylic acids is 2. The predicted molar refractivity (Wildman–Crippen MR) is 220 cm³/mol. The van der Waals surface area contributed by atoms with Crippen LogP contribution in [-0.4, -0.2) is 134 Å². The van der Waals surface area contributed by atoms with Gasteiger partial charge in [0.2, 0.25) is 5.91 Å². The molecular weight excluding hydrogens is 815 g/mol. The van der Waals surface area contributed by atoms with Crippen LogP contribution in [0.2, 0.25) is 0 Å². The summed E-state index contributed by atoms with van der Waals surface area (Å²) in [6, 6.07) is -1.17. The summed E-state index contributed by atoms with van der Waals surface area (Å²) in [5.41, 5.74) is 0.205. The number of rotatable bonds is 16. The highest BCUT2D eigenvalue weighted by Crippen LogP contribution is 2.39. The number of aromatic nitrogens is 1. The lowest BCUT2D eigenvalue weighted by molar-refractivity contribution is -0.154. The van der Waals surface area contributed by atoms with Gasteiger partial charge in [-0.05, 0) is 44.3 Å². The maximum Gasteiger partial charge on any atom is 0.508 e. The standard InChI is InChI=1S/C39H59N3O13S3/c1-21-9-8-10-28-29(42(28)11-12-53-38(52)54-13-14-57-58-20-27(37(50)51)41-36(49)23(3)16-32(44)45)17-30(22(2)15-26-19-56-25(5)40-26)55-33(46)18-31(43)39(6,7)35(48)24(4)34(21)47/h15,19,21,23-24,27-31,34,43,47H,8-14,16-18,20H2,1-7H3,(H,41,49)(H,44,45)(H,50,51)/b22-15+/t21-,23-,24+,27?,28+,29-,30-,31-,34-,42?/m0/s1. The van der Waals surface area contributed by atoms with Crippen LogP contribution in [0.5, 0.6) is 0 Å². The second-order valence-electron chi connectivity index (χ2n) is 15.7. The number of esters is 1. The number of aliphatic hydroxyl groups excluding tert-OH is 2. The van der Waals surface area contributed by atoms with Gasteiger partial charge in [0.25, 0.3) is 0 Å². The predicted octanol–water partition coefficient (Wildman–Crippen LogP) is 4.59. The van der Waals surface area contributed by atoms with Crippen LogP contribution in [0.3, 0.4) is 0 Å². The van der Waals surface area contributed by atoms with Crippen molar-refractivity contribution < 1.29 is 63.4 Å². The number of carboxylic acid groups (broad SMARTS) is 2.